The van der Waals surface area contributed by atoms with Gasteiger partial charge in [-0.05, 0) is 25.4 Å². The molecule has 0 amide bonds. The van der Waals surface area contributed by atoms with Gasteiger partial charge in [-0.3, -0.25) is 0 Å². The maximum Gasteiger partial charge on any atom is 0.182 e. The zero-order valence-corrected chi connectivity index (χ0v) is 10.3. The van der Waals surface area contributed by atoms with Gasteiger partial charge in [0.25, 0.3) is 0 Å². The van der Waals surface area contributed by atoms with Crippen LogP contribution in [0.4, 0.5) is 18.9 Å². The lowest BCUT2D eigenvalue weighted by molar-refractivity contribution is 0.453. The second-order valence-corrected chi connectivity index (χ2v) is 4.83. The molecule has 1 aliphatic rings. The van der Waals surface area contributed by atoms with Crippen molar-refractivity contribution in [3.05, 3.63) is 29.6 Å². The topological polar surface area (TPSA) is 15.3 Å². The Hall–Kier alpha value is -1.23. The summed E-state index contributed by atoms with van der Waals surface area (Å²) in [5.74, 6) is -2.53. The first-order chi connectivity index (χ1) is 8.58. The first-order valence-corrected chi connectivity index (χ1v) is 6.18. The summed E-state index contributed by atoms with van der Waals surface area (Å²) < 4.78 is 40.1. The van der Waals surface area contributed by atoms with Crippen LogP contribution in [0.25, 0.3) is 0 Å². The van der Waals surface area contributed by atoms with E-state index in [0.717, 1.165) is 25.6 Å². The quantitative estimate of drug-likeness (QED) is 0.779. The van der Waals surface area contributed by atoms with Gasteiger partial charge >= 0.3 is 0 Å². The van der Waals surface area contributed by atoms with Crippen LogP contribution >= 0.6 is 0 Å². The lowest BCUT2D eigenvalue weighted by atomic mass is 10.1. The molecule has 0 aromatic heterocycles. The molecule has 1 atom stereocenters. The fourth-order valence-electron chi connectivity index (χ4n) is 2.27. The Balaban J connectivity index is 2.27. The van der Waals surface area contributed by atoms with Gasteiger partial charge in [0.15, 0.2) is 11.6 Å². The number of halogens is 3. The van der Waals surface area contributed by atoms with Crippen molar-refractivity contribution in [2.45, 2.75) is 13.3 Å². The summed E-state index contributed by atoms with van der Waals surface area (Å²) in [5, 5.41) is 3.28. The van der Waals surface area contributed by atoms with Gasteiger partial charge in [0.05, 0.1) is 5.69 Å². The highest BCUT2D eigenvalue weighted by molar-refractivity contribution is 5.48. The van der Waals surface area contributed by atoms with Gasteiger partial charge in [0.2, 0.25) is 0 Å². The zero-order valence-electron chi connectivity index (χ0n) is 10.3. The number of hydrogen-bond acceptors (Lipinski definition) is 2. The molecule has 0 spiro atoms. The lowest BCUT2D eigenvalue weighted by Gasteiger charge is -2.30. The molecular formula is C13H17F3N2. The first kappa shape index (κ1) is 13.2. The molecule has 1 unspecified atom stereocenters. The Morgan fingerprint density at radius 3 is 2.83 bits per heavy atom. The molecule has 1 aromatic rings. The second kappa shape index (κ2) is 5.61. The predicted octanol–water partition coefficient (Wildman–Crippen LogP) is 2.54. The smallest absolute Gasteiger partial charge is 0.182 e. The van der Waals surface area contributed by atoms with Crippen LogP contribution in [0.3, 0.4) is 0 Å². The first-order valence-electron chi connectivity index (χ1n) is 6.18. The molecule has 0 saturated carbocycles. The fraction of sp³-hybridized carbons (Fsp3) is 0.538. The molecule has 1 N–H and O–H groups in total. The average Bonchev–Trinajstić information content (AvgIpc) is 2.28. The van der Waals surface area contributed by atoms with E-state index in [2.05, 4.69) is 5.32 Å². The van der Waals surface area contributed by atoms with E-state index in [4.69, 9.17) is 0 Å². The summed E-state index contributed by atoms with van der Waals surface area (Å²) in [6.45, 7) is 4.87. The van der Waals surface area contributed by atoms with Crippen LogP contribution in [-0.4, -0.2) is 26.2 Å². The summed E-state index contributed by atoms with van der Waals surface area (Å²) >= 11 is 0. The molecule has 0 radical (unpaired) electrons. The van der Waals surface area contributed by atoms with Gasteiger partial charge in [0, 0.05) is 25.2 Å². The molecule has 18 heavy (non-hydrogen) atoms. The number of rotatable bonds is 1. The van der Waals surface area contributed by atoms with Crippen molar-refractivity contribution in [3.63, 3.8) is 0 Å². The minimum atomic E-state index is -1.13. The van der Waals surface area contributed by atoms with Crippen molar-refractivity contribution >= 4 is 5.69 Å². The van der Waals surface area contributed by atoms with Crippen molar-refractivity contribution in [3.8, 4) is 0 Å². The molecule has 1 saturated heterocycles. The number of nitrogens with zero attached hydrogens (tertiary/aromatic N) is 1. The third kappa shape index (κ3) is 2.96. The van der Waals surface area contributed by atoms with Crippen molar-refractivity contribution < 1.29 is 13.2 Å². The molecule has 2 nitrogen and oxygen atoms in total. The van der Waals surface area contributed by atoms with Gasteiger partial charge in [-0.1, -0.05) is 6.92 Å². The van der Waals surface area contributed by atoms with E-state index in [9.17, 15) is 13.2 Å². The van der Waals surface area contributed by atoms with E-state index in [-0.39, 0.29) is 5.69 Å². The van der Waals surface area contributed by atoms with E-state index in [0.29, 0.717) is 25.1 Å². The van der Waals surface area contributed by atoms with Gasteiger partial charge in [0.1, 0.15) is 5.82 Å². The Morgan fingerprint density at radius 2 is 2.06 bits per heavy atom. The Morgan fingerprint density at radius 1 is 1.28 bits per heavy atom. The van der Waals surface area contributed by atoms with Crippen LogP contribution in [0.15, 0.2) is 12.1 Å². The summed E-state index contributed by atoms with van der Waals surface area (Å²) in [6, 6.07) is 1.65. The normalized spacial score (nSPS) is 21.6. The van der Waals surface area contributed by atoms with Crippen molar-refractivity contribution in [2.24, 2.45) is 5.92 Å². The summed E-state index contributed by atoms with van der Waals surface area (Å²) in [6.07, 6.45) is 0.824. The van der Waals surface area contributed by atoms with Crippen LogP contribution < -0.4 is 10.2 Å². The zero-order chi connectivity index (χ0) is 13.1. The molecule has 2 rings (SSSR count). The Labute approximate surface area is 105 Å². The van der Waals surface area contributed by atoms with E-state index in [1.165, 1.54) is 0 Å². The number of hydrogen-bond donors (Lipinski definition) is 1. The minimum Gasteiger partial charge on any atom is -0.369 e. The number of anilines is 1. The molecule has 0 bridgehead atoms. The number of nitrogens with one attached hydrogen (secondary N) is 1. The molecular weight excluding hydrogens is 241 g/mol. The van der Waals surface area contributed by atoms with Crippen molar-refractivity contribution in [1.29, 1.82) is 0 Å². The molecule has 100 valence electrons. The molecule has 1 aromatic carbocycles. The molecule has 1 fully saturated rings. The lowest BCUT2D eigenvalue weighted by Crippen LogP contribution is -2.39. The van der Waals surface area contributed by atoms with E-state index in [1.54, 1.807) is 4.90 Å². The molecule has 1 aliphatic heterocycles. The highest BCUT2D eigenvalue weighted by Crippen LogP contribution is 2.24. The van der Waals surface area contributed by atoms with Gasteiger partial charge in [-0.15, -0.1) is 0 Å². The fourth-order valence-corrected chi connectivity index (χ4v) is 2.27. The van der Waals surface area contributed by atoms with E-state index in [1.807, 2.05) is 6.92 Å². The molecule has 1 heterocycles. The average molecular weight is 258 g/mol. The van der Waals surface area contributed by atoms with Crippen LogP contribution in [-0.2, 0) is 0 Å². The third-order valence-corrected chi connectivity index (χ3v) is 3.12. The summed E-state index contributed by atoms with van der Waals surface area (Å²) in [5.41, 5.74) is 0.0289. The van der Waals surface area contributed by atoms with Crippen LogP contribution in [0.2, 0.25) is 0 Å². The van der Waals surface area contributed by atoms with E-state index >= 15 is 0 Å². The summed E-state index contributed by atoms with van der Waals surface area (Å²) in [4.78, 5) is 1.73. The minimum absolute atomic E-state index is 0.0289. The predicted molar refractivity (Wildman–Crippen MR) is 65.2 cm³/mol. The number of benzene rings is 1. The maximum absolute atomic E-state index is 13.7. The third-order valence-electron chi connectivity index (χ3n) is 3.12. The van der Waals surface area contributed by atoms with Gasteiger partial charge < -0.3 is 10.2 Å². The van der Waals surface area contributed by atoms with Crippen LogP contribution in [0.5, 0.6) is 0 Å². The van der Waals surface area contributed by atoms with Crippen molar-refractivity contribution in [1.82, 2.24) is 5.32 Å². The standard InChI is InChI=1S/C13H17F3N2/c1-9-7-17-3-2-4-18(8-9)12-6-10(14)5-11(15)13(12)16/h5-6,9,17H,2-4,7-8H2,1H3. The Bertz CT molecular complexity index is 423. The molecule has 0 aliphatic carbocycles. The highest BCUT2D eigenvalue weighted by atomic mass is 19.2. The van der Waals surface area contributed by atoms with Crippen LogP contribution in [0, 0.1) is 23.4 Å². The second-order valence-electron chi connectivity index (χ2n) is 4.83. The monoisotopic (exact) mass is 258 g/mol. The largest absolute Gasteiger partial charge is 0.369 e. The van der Waals surface area contributed by atoms with Gasteiger partial charge in [-0.25, -0.2) is 13.2 Å². The molecule has 5 heteroatoms. The highest BCUT2D eigenvalue weighted by Gasteiger charge is 2.20. The van der Waals surface area contributed by atoms with E-state index < -0.39 is 17.5 Å². The SMILES string of the molecule is CC1CNCCCN(c2cc(F)cc(F)c2F)C1. The summed E-state index contributed by atoms with van der Waals surface area (Å²) in [7, 11) is 0. The van der Waals surface area contributed by atoms with Gasteiger partial charge in [-0.2, -0.15) is 0 Å². The van der Waals surface area contributed by atoms with Crippen molar-refractivity contribution in [2.75, 3.05) is 31.1 Å². The maximum atomic E-state index is 13.7. The van der Waals surface area contributed by atoms with Crippen LogP contribution in [0.1, 0.15) is 13.3 Å². The Kier molecular flexibility index (Phi) is 4.11.